The van der Waals surface area contributed by atoms with E-state index in [1.165, 1.54) is 12.1 Å². The van der Waals surface area contributed by atoms with E-state index < -0.39 is 34.8 Å². The van der Waals surface area contributed by atoms with E-state index in [4.69, 9.17) is 9.73 Å². The maximum Gasteiger partial charge on any atom is 0.416 e. The SMILES string of the molecule is CC(C)(C)OC(=O)[C@@]1([C@H](/C=C/c2ccccc2)c2ccccc2)CCC(c2ccc(C(F)(F)F)cc2)=N1. The number of ether oxygens (including phenoxy) is 1. The highest BCUT2D eigenvalue weighted by atomic mass is 19.4. The van der Waals surface area contributed by atoms with E-state index in [-0.39, 0.29) is 0 Å². The molecule has 0 aromatic heterocycles. The van der Waals surface area contributed by atoms with Gasteiger partial charge in [-0.2, -0.15) is 13.2 Å². The van der Waals surface area contributed by atoms with Crippen molar-refractivity contribution in [1.29, 1.82) is 0 Å². The third kappa shape index (κ3) is 6.19. The molecule has 0 bridgehead atoms. The lowest BCUT2D eigenvalue weighted by atomic mass is 9.77. The van der Waals surface area contributed by atoms with E-state index in [2.05, 4.69) is 0 Å². The molecule has 0 spiro atoms. The molecule has 3 aromatic carbocycles. The number of nitrogens with zero attached hydrogens (tertiary/aromatic N) is 1. The molecule has 0 amide bonds. The average Bonchev–Trinajstić information content (AvgIpc) is 3.31. The Kier molecular flexibility index (Phi) is 7.39. The standard InChI is InChI=1S/C31H30F3NO2/c1-29(2,3)37-28(36)30(21-20-27(35-30)24-15-17-25(18-16-24)31(32,33)34)26(23-12-8-5-9-13-23)19-14-22-10-6-4-7-11-22/h4-19,26H,20-21H2,1-3H3/b19-14+/t26-,30+/m1/s1. The van der Waals surface area contributed by atoms with Crippen molar-refractivity contribution in [3.8, 4) is 0 Å². The quantitative estimate of drug-likeness (QED) is 0.320. The molecule has 0 N–H and O–H groups in total. The Bertz CT molecular complexity index is 1270. The normalized spacial score (nSPS) is 19.0. The lowest BCUT2D eigenvalue weighted by molar-refractivity contribution is -0.162. The number of esters is 1. The van der Waals surface area contributed by atoms with Crippen molar-refractivity contribution in [3.63, 3.8) is 0 Å². The van der Waals surface area contributed by atoms with E-state index >= 15 is 0 Å². The minimum Gasteiger partial charge on any atom is -0.458 e. The van der Waals surface area contributed by atoms with Gasteiger partial charge in [-0.3, -0.25) is 4.99 Å². The highest BCUT2D eigenvalue weighted by Gasteiger charge is 2.51. The Hall–Kier alpha value is -3.67. The Labute approximate surface area is 215 Å². The molecule has 1 heterocycles. The van der Waals surface area contributed by atoms with Crippen LogP contribution in [-0.2, 0) is 15.7 Å². The summed E-state index contributed by atoms with van der Waals surface area (Å²) in [6, 6.07) is 24.4. The van der Waals surface area contributed by atoms with Gasteiger partial charge in [0.2, 0.25) is 0 Å². The number of hydrogen-bond acceptors (Lipinski definition) is 3. The molecule has 1 aliphatic heterocycles. The van der Waals surface area contributed by atoms with Gasteiger partial charge in [0.05, 0.1) is 5.56 Å². The highest BCUT2D eigenvalue weighted by Crippen LogP contribution is 2.44. The summed E-state index contributed by atoms with van der Waals surface area (Å²) in [5.41, 5.74) is 0.316. The number of benzene rings is 3. The molecular weight excluding hydrogens is 475 g/mol. The van der Waals surface area contributed by atoms with Gasteiger partial charge in [-0.25, -0.2) is 4.79 Å². The van der Waals surface area contributed by atoms with E-state index in [1.54, 1.807) is 0 Å². The predicted octanol–water partition coefficient (Wildman–Crippen LogP) is 7.87. The Morgan fingerprint density at radius 1 is 0.919 bits per heavy atom. The summed E-state index contributed by atoms with van der Waals surface area (Å²) in [5.74, 6) is -0.899. The molecule has 0 radical (unpaired) electrons. The zero-order valence-corrected chi connectivity index (χ0v) is 21.1. The van der Waals surface area contributed by atoms with Crippen molar-refractivity contribution in [2.45, 2.75) is 56.8 Å². The second-order valence-electron chi connectivity index (χ2n) is 10.2. The molecule has 4 rings (SSSR count). The van der Waals surface area contributed by atoms with Crippen LogP contribution >= 0.6 is 0 Å². The van der Waals surface area contributed by atoms with Gasteiger partial charge >= 0.3 is 12.1 Å². The summed E-state index contributed by atoms with van der Waals surface area (Å²) in [4.78, 5) is 18.8. The van der Waals surface area contributed by atoms with Crippen LogP contribution in [0, 0.1) is 0 Å². The van der Waals surface area contributed by atoms with Gasteiger partial charge in [-0.15, -0.1) is 0 Å². The van der Waals surface area contributed by atoms with Crippen LogP contribution < -0.4 is 0 Å². The smallest absolute Gasteiger partial charge is 0.416 e. The first kappa shape index (κ1) is 26.4. The molecule has 0 saturated carbocycles. The summed E-state index contributed by atoms with van der Waals surface area (Å²) in [6.45, 7) is 5.43. The van der Waals surface area contributed by atoms with Gasteiger partial charge in [-0.1, -0.05) is 84.9 Å². The van der Waals surface area contributed by atoms with Crippen LogP contribution in [0.2, 0.25) is 0 Å². The number of hydrogen-bond donors (Lipinski definition) is 0. The molecule has 0 aliphatic carbocycles. The van der Waals surface area contributed by atoms with Crippen LogP contribution in [0.4, 0.5) is 13.2 Å². The number of alkyl halides is 3. The molecule has 0 saturated heterocycles. The molecular formula is C31H30F3NO2. The zero-order valence-electron chi connectivity index (χ0n) is 21.1. The first-order chi connectivity index (χ1) is 17.5. The summed E-state index contributed by atoms with van der Waals surface area (Å²) < 4.78 is 45.2. The first-order valence-corrected chi connectivity index (χ1v) is 12.3. The molecule has 6 heteroatoms. The molecule has 1 aliphatic rings. The predicted molar refractivity (Wildman–Crippen MR) is 140 cm³/mol. The van der Waals surface area contributed by atoms with Crippen molar-refractivity contribution < 1.29 is 22.7 Å². The highest BCUT2D eigenvalue weighted by molar-refractivity contribution is 6.05. The second-order valence-corrected chi connectivity index (χ2v) is 10.2. The third-order valence-corrected chi connectivity index (χ3v) is 6.33. The first-order valence-electron chi connectivity index (χ1n) is 12.3. The molecule has 3 aromatic rings. The molecule has 37 heavy (non-hydrogen) atoms. The zero-order chi connectivity index (χ0) is 26.7. The van der Waals surface area contributed by atoms with Crippen LogP contribution in [0.15, 0.2) is 96.0 Å². The van der Waals surface area contributed by atoms with Gasteiger partial charge < -0.3 is 4.74 Å². The van der Waals surface area contributed by atoms with E-state index in [1.807, 2.05) is 93.6 Å². The average molecular weight is 506 g/mol. The van der Waals surface area contributed by atoms with Crippen LogP contribution in [0.5, 0.6) is 0 Å². The Morgan fingerprint density at radius 2 is 1.51 bits per heavy atom. The van der Waals surface area contributed by atoms with E-state index in [0.717, 1.165) is 23.3 Å². The van der Waals surface area contributed by atoms with Crippen molar-refractivity contribution in [1.82, 2.24) is 0 Å². The third-order valence-electron chi connectivity index (χ3n) is 6.33. The summed E-state index contributed by atoms with van der Waals surface area (Å²) in [5, 5.41) is 0. The van der Waals surface area contributed by atoms with E-state index in [9.17, 15) is 18.0 Å². The summed E-state index contributed by atoms with van der Waals surface area (Å²) in [6.07, 6.45) is 0.338. The lowest BCUT2D eigenvalue weighted by Crippen LogP contribution is -2.45. The van der Waals surface area contributed by atoms with Crippen molar-refractivity contribution >= 4 is 17.8 Å². The molecule has 3 nitrogen and oxygen atoms in total. The van der Waals surface area contributed by atoms with Crippen LogP contribution in [0.25, 0.3) is 6.08 Å². The summed E-state index contributed by atoms with van der Waals surface area (Å²) in [7, 11) is 0. The fourth-order valence-electron chi connectivity index (χ4n) is 4.57. The molecule has 0 fully saturated rings. The topological polar surface area (TPSA) is 38.7 Å². The number of rotatable bonds is 6. The maximum absolute atomic E-state index is 13.9. The molecule has 2 atom stereocenters. The Morgan fingerprint density at radius 3 is 2.08 bits per heavy atom. The number of carbonyl (C=O) groups excluding carboxylic acids is 1. The van der Waals surface area contributed by atoms with Gasteiger partial charge in [0.15, 0.2) is 5.54 Å². The molecule has 0 unspecified atom stereocenters. The maximum atomic E-state index is 13.9. The van der Waals surface area contributed by atoms with Gasteiger partial charge in [0, 0.05) is 11.6 Å². The summed E-state index contributed by atoms with van der Waals surface area (Å²) >= 11 is 0. The van der Waals surface area contributed by atoms with Crippen molar-refractivity contribution in [2.75, 3.05) is 0 Å². The lowest BCUT2D eigenvalue weighted by Gasteiger charge is -2.34. The van der Waals surface area contributed by atoms with E-state index in [0.29, 0.717) is 24.1 Å². The monoisotopic (exact) mass is 505 g/mol. The van der Waals surface area contributed by atoms with Crippen LogP contribution in [0.3, 0.4) is 0 Å². The minimum atomic E-state index is -4.42. The molecule has 192 valence electrons. The fourth-order valence-corrected chi connectivity index (χ4v) is 4.57. The largest absolute Gasteiger partial charge is 0.458 e. The van der Waals surface area contributed by atoms with Gasteiger partial charge in [-0.05, 0) is 62.4 Å². The number of aliphatic imine (C=N–C) groups is 1. The van der Waals surface area contributed by atoms with Crippen LogP contribution in [-0.4, -0.2) is 22.8 Å². The minimum absolute atomic E-state index is 0.372. The van der Waals surface area contributed by atoms with Gasteiger partial charge in [0.1, 0.15) is 5.60 Å². The number of carbonyl (C=O) groups is 1. The second kappa shape index (κ2) is 10.4. The van der Waals surface area contributed by atoms with Crippen LogP contribution in [0.1, 0.15) is 61.8 Å². The number of halogens is 3. The van der Waals surface area contributed by atoms with Crippen molar-refractivity contribution in [2.24, 2.45) is 4.99 Å². The van der Waals surface area contributed by atoms with Crippen molar-refractivity contribution in [3.05, 3.63) is 113 Å². The van der Waals surface area contributed by atoms with Gasteiger partial charge in [0.25, 0.3) is 0 Å². The fraction of sp³-hybridized carbons (Fsp3) is 0.290. The Balaban J connectivity index is 1.82.